The van der Waals surface area contributed by atoms with E-state index in [1.54, 1.807) is 0 Å². The Hall–Kier alpha value is -1.46. The average molecular weight is 374 g/mol. The minimum Gasteiger partial charge on any atom is -0.309 e. The number of halogens is 1. The first-order valence-electron chi connectivity index (χ1n) is 6.55. The average Bonchev–Trinajstić information content (AvgIpc) is 2.50. The standard InChI is InChI=1S/C17H15IN2/c1-19-17(12-6-8-14(18)9-7-12)16-11-20-10-13-4-2-3-5-15(13)16/h2-11,17,19H,1H3. The smallest absolute Gasteiger partial charge is 0.0595 e. The van der Waals surface area contributed by atoms with Crippen molar-refractivity contribution in [1.29, 1.82) is 0 Å². The second kappa shape index (κ2) is 5.89. The van der Waals surface area contributed by atoms with Gasteiger partial charge in [-0.2, -0.15) is 0 Å². The van der Waals surface area contributed by atoms with Gasteiger partial charge >= 0.3 is 0 Å². The molecule has 0 saturated heterocycles. The fourth-order valence-electron chi connectivity index (χ4n) is 2.53. The van der Waals surface area contributed by atoms with Gasteiger partial charge in [-0.1, -0.05) is 36.4 Å². The highest BCUT2D eigenvalue weighted by Crippen LogP contribution is 2.28. The molecule has 2 aromatic carbocycles. The lowest BCUT2D eigenvalue weighted by molar-refractivity contribution is 0.694. The summed E-state index contributed by atoms with van der Waals surface area (Å²) in [6.07, 6.45) is 3.88. The van der Waals surface area contributed by atoms with Crippen molar-refractivity contribution >= 4 is 33.4 Å². The molecule has 0 radical (unpaired) electrons. The maximum atomic E-state index is 4.38. The minimum absolute atomic E-state index is 0.158. The summed E-state index contributed by atoms with van der Waals surface area (Å²) in [6, 6.07) is 17.2. The molecule has 100 valence electrons. The molecule has 1 unspecified atom stereocenters. The first kappa shape index (κ1) is 13.5. The normalized spacial score (nSPS) is 12.5. The summed E-state index contributed by atoms with van der Waals surface area (Å²) in [7, 11) is 1.99. The molecular formula is C17H15IN2. The molecule has 0 amide bonds. The fraction of sp³-hybridized carbons (Fsp3) is 0.118. The molecule has 1 heterocycles. The van der Waals surface area contributed by atoms with Crippen molar-refractivity contribution in [1.82, 2.24) is 10.3 Å². The Kier molecular flexibility index (Phi) is 3.98. The zero-order valence-corrected chi connectivity index (χ0v) is 13.3. The van der Waals surface area contributed by atoms with Gasteiger partial charge in [0.25, 0.3) is 0 Å². The number of benzene rings is 2. The maximum absolute atomic E-state index is 4.38. The molecule has 1 aromatic heterocycles. The van der Waals surface area contributed by atoms with E-state index in [0.717, 1.165) is 0 Å². The first-order chi connectivity index (χ1) is 9.79. The predicted molar refractivity (Wildman–Crippen MR) is 91.8 cm³/mol. The lowest BCUT2D eigenvalue weighted by Gasteiger charge is -2.19. The van der Waals surface area contributed by atoms with Crippen LogP contribution in [0.3, 0.4) is 0 Å². The highest BCUT2D eigenvalue weighted by molar-refractivity contribution is 14.1. The fourth-order valence-corrected chi connectivity index (χ4v) is 2.89. The number of nitrogens with zero attached hydrogens (tertiary/aromatic N) is 1. The maximum Gasteiger partial charge on any atom is 0.0595 e. The van der Waals surface area contributed by atoms with E-state index in [4.69, 9.17) is 0 Å². The Morgan fingerprint density at radius 1 is 1.00 bits per heavy atom. The van der Waals surface area contributed by atoms with Crippen molar-refractivity contribution in [2.75, 3.05) is 7.05 Å². The summed E-state index contributed by atoms with van der Waals surface area (Å²) < 4.78 is 1.25. The van der Waals surface area contributed by atoms with Crippen LogP contribution < -0.4 is 5.32 Å². The van der Waals surface area contributed by atoms with Crippen molar-refractivity contribution in [3.05, 3.63) is 75.6 Å². The van der Waals surface area contributed by atoms with Crippen LogP contribution in [-0.2, 0) is 0 Å². The third-order valence-corrected chi connectivity index (χ3v) is 4.22. The van der Waals surface area contributed by atoms with Crippen molar-refractivity contribution in [2.24, 2.45) is 0 Å². The molecule has 20 heavy (non-hydrogen) atoms. The Balaban J connectivity index is 2.14. The number of pyridine rings is 1. The van der Waals surface area contributed by atoms with E-state index < -0.39 is 0 Å². The summed E-state index contributed by atoms with van der Waals surface area (Å²) >= 11 is 2.33. The first-order valence-corrected chi connectivity index (χ1v) is 7.63. The van der Waals surface area contributed by atoms with Gasteiger partial charge in [-0.05, 0) is 58.3 Å². The van der Waals surface area contributed by atoms with Crippen LogP contribution in [0.2, 0.25) is 0 Å². The summed E-state index contributed by atoms with van der Waals surface area (Å²) in [6.45, 7) is 0. The zero-order valence-electron chi connectivity index (χ0n) is 11.2. The molecule has 0 saturated carbocycles. The van der Waals surface area contributed by atoms with Gasteiger partial charge in [-0.25, -0.2) is 0 Å². The largest absolute Gasteiger partial charge is 0.309 e. The van der Waals surface area contributed by atoms with Crippen molar-refractivity contribution in [3.63, 3.8) is 0 Å². The minimum atomic E-state index is 0.158. The van der Waals surface area contributed by atoms with E-state index in [2.05, 4.69) is 75.4 Å². The zero-order chi connectivity index (χ0) is 13.9. The topological polar surface area (TPSA) is 24.9 Å². The second-order valence-corrected chi connectivity index (χ2v) is 5.97. The number of rotatable bonds is 3. The van der Waals surface area contributed by atoms with Crippen LogP contribution in [0.5, 0.6) is 0 Å². The van der Waals surface area contributed by atoms with E-state index in [1.165, 1.54) is 25.5 Å². The second-order valence-electron chi connectivity index (χ2n) is 4.72. The summed E-state index contributed by atoms with van der Waals surface area (Å²) in [5.41, 5.74) is 2.47. The summed E-state index contributed by atoms with van der Waals surface area (Å²) in [5.74, 6) is 0. The van der Waals surface area contributed by atoms with Gasteiger partial charge in [0.2, 0.25) is 0 Å². The van der Waals surface area contributed by atoms with Gasteiger partial charge < -0.3 is 5.32 Å². The third-order valence-electron chi connectivity index (χ3n) is 3.50. The van der Waals surface area contributed by atoms with Crippen molar-refractivity contribution < 1.29 is 0 Å². The SMILES string of the molecule is CNC(c1ccc(I)cc1)c1cncc2ccccc12. The molecule has 0 spiro atoms. The van der Waals surface area contributed by atoms with E-state index in [0.29, 0.717) is 0 Å². The Morgan fingerprint density at radius 2 is 1.75 bits per heavy atom. The molecule has 0 aliphatic heterocycles. The monoisotopic (exact) mass is 374 g/mol. The van der Waals surface area contributed by atoms with Crippen LogP contribution in [-0.4, -0.2) is 12.0 Å². The van der Waals surface area contributed by atoms with E-state index >= 15 is 0 Å². The molecule has 3 heteroatoms. The molecule has 3 rings (SSSR count). The molecule has 1 N–H and O–H groups in total. The highest BCUT2D eigenvalue weighted by atomic mass is 127. The van der Waals surface area contributed by atoms with E-state index in [-0.39, 0.29) is 6.04 Å². The molecule has 0 fully saturated rings. The van der Waals surface area contributed by atoms with Crippen molar-refractivity contribution in [2.45, 2.75) is 6.04 Å². The third kappa shape index (κ3) is 2.55. The molecule has 0 bridgehead atoms. The summed E-state index contributed by atoms with van der Waals surface area (Å²) in [5, 5.41) is 5.83. The molecule has 0 aliphatic rings. The van der Waals surface area contributed by atoms with Crippen LogP contribution >= 0.6 is 22.6 Å². The van der Waals surface area contributed by atoms with E-state index in [9.17, 15) is 0 Å². The van der Waals surface area contributed by atoms with E-state index in [1.807, 2.05) is 25.5 Å². The molecular weight excluding hydrogens is 359 g/mol. The van der Waals surface area contributed by atoms with Crippen LogP contribution in [0.1, 0.15) is 17.2 Å². The Bertz CT molecular complexity index is 717. The molecule has 1 atom stereocenters. The number of aromatic nitrogens is 1. The van der Waals surface area contributed by atoms with Gasteiger partial charge in [0.05, 0.1) is 6.04 Å². The number of hydrogen-bond donors (Lipinski definition) is 1. The van der Waals surface area contributed by atoms with Gasteiger partial charge in [0, 0.05) is 21.4 Å². The lowest BCUT2D eigenvalue weighted by atomic mass is 9.96. The van der Waals surface area contributed by atoms with Crippen LogP contribution in [0.4, 0.5) is 0 Å². The number of nitrogens with one attached hydrogen (secondary N) is 1. The molecule has 2 nitrogen and oxygen atoms in total. The van der Waals surface area contributed by atoms with Crippen molar-refractivity contribution in [3.8, 4) is 0 Å². The predicted octanol–water partition coefficient (Wildman–Crippen LogP) is 4.15. The molecule has 0 aliphatic carbocycles. The summed E-state index contributed by atoms with van der Waals surface area (Å²) in [4.78, 5) is 4.38. The van der Waals surface area contributed by atoms with Crippen LogP contribution in [0, 0.1) is 3.57 Å². The quantitative estimate of drug-likeness (QED) is 0.697. The molecule has 3 aromatic rings. The number of hydrogen-bond acceptors (Lipinski definition) is 2. The van der Waals surface area contributed by atoms with Gasteiger partial charge in [0.1, 0.15) is 0 Å². The highest BCUT2D eigenvalue weighted by Gasteiger charge is 2.14. The Morgan fingerprint density at radius 3 is 2.50 bits per heavy atom. The van der Waals surface area contributed by atoms with Crippen LogP contribution in [0.25, 0.3) is 10.8 Å². The Labute approximate surface area is 132 Å². The lowest BCUT2D eigenvalue weighted by Crippen LogP contribution is -2.18. The van der Waals surface area contributed by atoms with Gasteiger partial charge in [-0.15, -0.1) is 0 Å². The van der Waals surface area contributed by atoms with Gasteiger partial charge in [0.15, 0.2) is 0 Å². The van der Waals surface area contributed by atoms with Crippen LogP contribution in [0.15, 0.2) is 60.9 Å². The number of fused-ring (bicyclic) bond motifs is 1. The van der Waals surface area contributed by atoms with Gasteiger partial charge in [-0.3, -0.25) is 4.98 Å².